The number of amides is 1. The van der Waals surface area contributed by atoms with Gasteiger partial charge in [-0.05, 0) is 42.8 Å². The number of likely N-dealkylation sites (N-methyl/N-ethyl adjacent to an activating group) is 1. The third-order valence-electron chi connectivity index (χ3n) is 4.26. The number of rotatable bonds is 6. The number of hydrogen-bond donors (Lipinski definition) is 0. The van der Waals surface area contributed by atoms with Gasteiger partial charge in [0, 0.05) is 35.9 Å². The maximum atomic E-state index is 12.8. The second-order valence-corrected chi connectivity index (χ2v) is 7.52. The monoisotopic (exact) mass is 397 g/mol. The van der Waals surface area contributed by atoms with Gasteiger partial charge in [0.05, 0.1) is 6.61 Å². The fourth-order valence-corrected chi connectivity index (χ4v) is 3.77. The Balaban J connectivity index is 1.83. The van der Waals surface area contributed by atoms with E-state index in [4.69, 9.17) is 9.47 Å². The van der Waals surface area contributed by atoms with Crippen molar-refractivity contribution in [3.8, 4) is 11.5 Å². The van der Waals surface area contributed by atoms with E-state index in [1.807, 2.05) is 49.4 Å². The zero-order valence-electron chi connectivity index (χ0n) is 16.2. The number of nitrogens with zero attached hydrogens (tertiary/aromatic N) is 1. The molecule has 28 heavy (non-hydrogen) atoms. The van der Waals surface area contributed by atoms with Crippen molar-refractivity contribution in [3.05, 3.63) is 59.2 Å². The molecule has 0 fully saturated rings. The first-order valence-corrected chi connectivity index (χ1v) is 10.0. The smallest absolute Gasteiger partial charge is 0.259 e. The molecular weight excluding hydrogens is 374 g/mol. The summed E-state index contributed by atoms with van der Waals surface area (Å²) in [7, 11) is 3.36. The van der Waals surface area contributed by atoms with Crippen molar-refractivity contribution in [1.29, 1.82) is 0 Å². The number of Topliss-reactive ketones (excluding diaryl/α,β-unsaturated/α-hetero) is 1. The number of benzene rings is 2. The van der Waals surface area contributed by atoms with Crippen LogP contribution in [0.2, 0.25) is 0 Å². The van der Waals surface area contributed by atoms with Crippen LogP contribution in [0.5, 0.6) is 11.5 Å². The van der Waals surface area contributed by atoms with Crippen molar-refractivity contribution in [1.82, 2.24) is 4.90 Å². The van der Waals surface area contributed by atoms with Gasteiger partial charge in [0.1, 0.15) is 0 Å². The Morgan fingerprint density at radius 3 is 2.68 bits per heavy atom. The second kappa shape index (κ2) is 8.97. The molecule has 2 aromatic carbocycles. The van der Waals surface area contributed by atoms with Crippen LogP contribution >= 0.6 is 11.8 Å². The van der Waals surface area contributed by atoms with Crippen LogP contribution < -0.4 is 9.47 Å². The summed E-state index contributed by atoms with van der Waals surface area (Å²) >= 11 is 1.66. The number of ketones is 1. The van der Waals surface area contributed by atoms with Crippen molar-refractivity contribution in [2.75, 3.05) is 33.1 Å². The van der Waals surface area contributed by atoms with E-state index >= 15 is 0 Å². The molecule has 6 heteroatoms. The van der Waals surface area contributed by atoms with Crippen LogP contribution in [-0.2, 0) is 4.79 Å². The lowest BCUT2D eigenvalue weighted by molar-refractivity contribution is -0.130. The van der Waals surface area contributed by atoms with Crippen LogP contribution in [0.3, 0.4) is 0 Å². The molecule has 0 aromatic heterocycles. The van der Waals surface area contributed by atoms with Gasteiger partial charge in [-0.3, -0.25) is 9.59 Å². The average molecular weight is 397 g/mol. The molecule has 1 aliphatic heterocycles. The topological polar surface area (TPSA) is 55.8 Å². The highest BCUT2D eigenvalue weighted by atomic mass is 32.2. The Hall–Kier alpha value is -2.73. The van der Waals surface area contributed by atoms with Crippen LogP contribution in [0.4, 0.5) is 0 Å². The fraction of sp³-hybridized carbons (Fsp3) is 0.273. The SMILES string of the molecule is CCOc1cc(/C=C2\CSc3ccccc3C2=O)ccc1OCC(=O)N(C)C. The maximum absolute atomic E-state index is 12.8. The normalized spacial score (nSPS) is 14.5. The quantitative estimate of drug-likeness (QED) is 0.692. The Bertz CT molecular complexity index is 921. The number of carbonyl (C=O) groups is 2. The fourth-order valence-electron chi connectivity index (χ4n) is 2.75. The van der Waals surface area contributed by atoms with Crippen molar-refractivity contribution in [2.24, 2.45) is 0 Å². The maximum Gasteiger partial charge on any atom is 0.259 e. The molecule has 0 bridgehead atoms. The highest BCUT2D eigenvalue weighted by molar-refractivity contribution is 7.99. The van der Waals surface area contributed by atoms with Crippen LogP contribution in [0.1, 0.15) is 22.8 Å². The molecule has 146 valence electrons. The highest BCUT2D eigenvalue weighted by Gasteiger charge is 2.22. The van der Waals surface area contributed by atoms with E-state index in [2.05, 4.69) is 0 Å². The van der Waals surface area contributed by atoms with Crippen LogP contribution in [0.25, 0.3) is 6.08 Å². The summed E-state index contributed by atoms with van der Waals surface area (Å²) in [5, 5.41) is 0. The Morgan fingerprint density at radius 1 is 1.14 bits per heavy atom. The molecule has 1 aliphatic rings. The number of hydrogen-bond acceptors (Lipinski definition) is 5. The molecule has 0 spiro atoms. The van der Waals surface area contributed by atoms with Crippen molar-refractivity contribution in [2.45, 2.75) is 11.8 Å². The third-order valence-corrected chi connectivity index (χ3v) is 5.39. The second-order valence-electron chi connectivity index (χ2n) is 6.50. The number of ether oxygens (including phenoxy) is 2. The van der Waals surface area contributed by atoms with Crippen LogP contribution in [-0.4, -0.2) is 49.7 Å². The molecule has 0 N–H and O–H groups in total. The summed E-state index contributed by atoms with van der Waals surface area (Å²) in [6, 6.07) is 13.1. The van der Waals surface area contributed by atoms with E-state index in [-0.39, 0.29) is 18.3 Å². The summed E-state index contributed by atoms with van der Waals surface area (Å²) in [5.74, 6) is 1.63. The molecule has 1 amide bonds. The van der Waals surface area contributed by atoms with E-state index in [1.165, 1.54) is 4.90 Å². The van der Waals surface area contributed by atoms with E-state index in [0.29, 0.717) is 23.9 Å². The molecule has 0 unspecified atom stereocenters. The molecular formula is C22H23NO4S. The first-order valence-electron chi connectivity index (χ1n) is 9.06. The lowest BCUT2D eigenvalue weighted by atomic mass is 10.0. The number of thioether (sulfide) groups is 1. The molecule has 2 aromatic rings. The van der Waals surface area contributed by atoms with Gasteiger partial charge >= 0.3 is 0 Å². The summed E-state index contributed by atoms with van der Waals surface area (Å²) in [5.41, 5.74) is 2.36. The molecule has 1 heterocycles. The standard InChI is InChI=1S/C22H23NO4S/c1-4-26-19-12-15(9-10-18(19)27-13-21(24)23(2)3)11-16-14-28-20-8-6-5-7-17(20)22(16)25/h5-12H,4,13-14H2,1-3H3/b16-11+. The van der Waals surface area contributed by atoms with Gasteiger partial charge in [-0.1, -0.05) is 18.2 Å². The number of carbonyl (C=O) groups excluding carboxylic acids is 2. The molecule has 3 rings (SSSR count). The van der Waals surface area contributed by atoms with Gasteiger partial charge in [-0.25, -0.2) is 0 Å². The molecule has 5 nitrogen and oxygen atoms in total. The molecule has 0 atom stereocenters. The Morgan fingerprint density at radius 2 is 1.93 bits per heavy atom. The summed E-state index contributed by atoms with van der Waals surface area (Å²) in [4.78, 5) is 27.0. The van der Waals surface area contributed by atoms with Gasteiger partial charge in [0.25, 0.3) is 5.91 Å². The predicted molar refractivity (Wildman–Crippen MR) is 111 cm³/mol. The van der Waals surface area contributed by atoms with E-state index in [1.54, 1.807) is 31.9 Å². The Kier molecular flexibility index (Phi) is 6.41. The molecule has 0 saturated heterocycles. The lowest BCUT2D eigenvalue weighted by Gasteiger charge is -2.17. The minimum Gasteiger partial charge on any atom is -0.490 e. The van der Waals surface area contributed by atoms with E-state index < -0.39 is 0 Å². The summed E-state index contributed by atoms with van der Waals surface area (Å²) < 4.78 is 11.3. The largest absolute Gasteiger partial charge is 0.490 e. The Labute approximate surface area is 169 Å². The van der Waals surface area contributed by atoms with Crippen LogP contribution in [0.15, 0.2) is 52.9 Å². The minimum atomic E-state index is -0.128. The zero-order chi connectivity index (χ0) is 20.1. The zero-order valence-corrected chi connectivity index (χ0v) is 17.0. The molecule has 0 aliphatic carbocycles. The first-order chi connectivity index (χ1) is 13.5. The van der Waals surface area contributed by atoms with Crippen molar-refractivity contribution < 1.29 is 19.1 Å². The van der Waals surface area contributed by atoms with Crippen molar-refractivity contribution >= 4 is 29.5 Å². The van der Waals surface area contributed by atoms with Crippen molar-refractivity contribution in [3.63, 3.8) is 0 Å². The summed E-state index contributed by atoms with van der Waals surface area (Å²) in [6.07, 6.45) is 1.89. The van der Waals surface area contributed by atoms with Gasteiger partial charge in [-0.15, -0.1) is 11.8 Å². The van der Waals surface area contributed by atoms with E-state index in [0.717, 1.165) is 21.6 Å². The van der Waals surface area contributed by atoms with Gasteiger partial charge < -0.3 is 14.4 Å². The van der Waals surface area contributed by atoms with Crippen LogP contribution in [0, 0.1) is 0 Å². The van der Waals surface area contributed by atoms with Gasteiger partial charge in [0.15, 0.2) is 23.9 Å². The third kappa shape index (κ3) is 4.57. The first kappa shape index (κ1) is 20.0. The van der Waals surface area contributed by atoms with Gasteiger partial charge in [0.2, 0.25) is 0 Å². The van der Waals surface area contributed by atoms with E-state index in [9.17, 15) is 9.59 Å². The number of fused-ring (bicyclic) bond motifs is 1. The summed E-state index contributed by atoms with van der Waals surface area (Å²) in [6.45, 7) is 2.30. The van der Waals surface area contributed by atoms with Gasteiger partial charge in [-0.2, -0.15) is 0 Å². The average Bonchev–Trinajstić information content (AvgIpc) is 2.69. The predicted octanol–water partition coefficient (Wildman–Crippen LogP) is 3.92. The molecule has 0 radical (unpaired) electrons. The highest BCUT2D eigenvalue weighted by Crippen LogP contribution is 2.34. The molecule has 0 saturated carbocycles. The lowest BCUT2D eigenvalue weighted by Crippen LogP contribution is -2.27. The minimum absolute atomic E-state index is 0.0561.